The normalized spacial score (nSPS) is 24.2. The van der Waals surface area contributed by atoms with Gasteiger partial charge in [0.05, 0.1) is 13.2 Å². The van der Waals surface area contributed by atoms with Gasteiger partial charge in [-0.3, -0.25) is 0 Å². The zero-order valence-electron chi connectivity index (χ0n) is 7.61. The van der Waals surface area contributed by atoms with Gasteiger partial charge in [-0.2, -0.15) is 8.78 Å². The second kappa shape index (κ2) is 4.93. The van der Waals surface area contributed by atoms with Gasteiger partial charge in [0.15, 0.2) is 0 Å². The van der Waals surface area contributed by atoms with Crippen molar-refractivity contribution in [2.75, 3.05) is 19.8 Å². The zero-order chi connectivity index (χ0) is 10.6. The van der Waals surface area contributed by atoms with Crippen molar-refractivity contribution >= 4 is 0 Å². The van der Waals surface area contributed by atoms with Crippen LogP contribution in [0.4, 0.5) is 17.6 Å². The average molecular weight is 215 g/mol. The van der Waals surface area contributed by atoms with Crippen molar-refractivity contribution in [3.05, 3.63) is 0 Å². The van der Waals surface area contributed by atoms with Crippen LogP contribution in [0.5, 0.6) is 0 Å². The maximum Gasteiger partial charge on any atom is 0.319 e. The Hall–Kier alpha value is -0.360. The Labute approximate surface area is 79.6 Å². The van der Waals surface area contributed by atoms with Crippen LogP contribution in [-0.2, 0) is 4.74 Å². The molecule has 1 fully saturated rings. The third-order valence-corrected chi connectivity index (χ3v) is 2.11. The van der Waals surface area contributed by atoms with Crippen molar-refractivity contribution in [1.29, 1.82) is 0 Å². The van der Waals surface area contributed by atoms with E-state index >= 15 is 0 Å². The van der Waals surface area contributed by atoms with Gasteiger partial charge in [-0.15, -0.1) is 0 Å². The van der Waals surface area contributed by atoms with E-state index in [4.69, 9.17) is 4.74 Å². The molecule has 1 rings (SSSR count). The minimum atomic E-state index is -3.95. The molecule has 84 valence electrons. The van der Waals surface area contributed by atoms with E-state index in [0.717, 1.165) is 6.42 Å². The highest BCUT2D eigenvalue weighted by Gasteiger charge is 2.40. The van der Waals surface area contributed by atoms with E-state index in [1.165, 1.54) is 0 Å². The number of alkyl halides is 4. The maximum absolute atomic E-state index is 12.4. The summed E-state index contributed by atoms with van der Waals surface area (Å²) in [6.07, 6.45) is -2.14. The fourth-order valence-corrected chi connectivity index (χ4v) is 1.26. The summed E-state index contributed by atoms with van der Waals surface area (Å²) < 4.78 is 53.4. The molecule has 0 aromatic carbocycles. The summed E-state index contributed by atoms with van der Waals surface area (Å²) >= 11 is 0. The van der Waals surface area contributed by atoms with Gasteiger partial charge in [0.1, 0.15) is 0 Å². The molecule has 0 aromatic rings. The zero-order valence-corrected chi connectivity index (χ0v) is 7.61. The molecule has 0 aromatic heterocycles. The molecule has 6 heteroatoms. The molecule has 1 N–H and O–H groups in total. The van der Waals surface area contributed by atoms with Crippen molar-refractivity contribution in [3.8, 4) is 0 Å². The lowest BCUT2D eigenvalue weighted by Crippen LogP contribution is -2.46. The lowest BCUT2D eigenvalue weighted by Gasteiger charge is -2.25. The molecule has 0 bridgehead atoms. The molecule has 0 saturated carbocycles. The smallest absolute Gasteiger partial charge is 0.319 e. The van der Waals surface area contributed by atoms with Crippen LogP contribution in [0, 0.1) is 0 Å². The number of nitrogens with one attached hydrogen (secondary N) is 1. The van der Waals surface area contributed by atoms with Crippen molar-refractivity contribution in [2.45, 2.75) is 31.2 Å². The second-order valence-electron chi connectivity index (χ2n) is 3.36. The molecule has 1 atom stereocenters. The highest BCUT2D eigenvalue weighted by molar-refractivity contribution is 4.77. The van der Waals surface area contributed by atoms with Gasteiger partial charge in [-0.25, -0.2) is 8.78 Å². The summed E-state index contributed by atoms with van der Waals surface area (Å²) in [4.78, 5) is 0. The molecule has 0 radical (unpaired) electrons. The van der Waals surface area contributed by atoms with Crippen LogP contribution < -0.4 is 5.32 Å². The third-order valence-electron chi connectivity index (χ3n) is 2.11. The van der Waals surface area contributed by atoms with E-state index in [0.29, 0.717) is 19.6 Å². The Balaban J connectivity index is 2.24. The summed E-state index contributed by atoms with van der Waals surface area (Å²) in [6.45, 7) is -0.0541. The number of hydrogen-bond donors (Lipinski definition) is 1. The highest BCUT2D eigenvalue weighted by atomic mass is 19.3. The lowest BCUT2D eigenvalue weighted by molar-refractivity contribution is -0.127. The van der Waals surface area contributed by atoms with Crippen LogP contribution >= 0.6 is 0 Å². The van der Waals surface area contributed by atoms with Gasteiger partial charge < -0.3 is 10.1 Å². The van der Waals surface area contributed by atoms with Gasteiger partial charge in [-0.05, 0) is 12.8 Å². The van der Waals surface area contributed by atoms with Crippen LogP contribution in [0.15, 0.2) is 0 Å². The van der Waals surface area contributed by atoms with Crippen molar-refractivity contribution in [2.24, 2.45) is 0 Å². The molecular weight excluding hydrogens is 202 g/mol. The summed E-state index contributed by atoms with van der Waals surface area (Å²) in [7, 11) is 0. The van der Waals surface area contributed by atoms with Crippen LogP contribution in [0.1, 0.15) is 12.8 Å². The Morgan fingerprint density at radius 1 is 1.43 bits per heavy atom. The standard InChI is InChI=1S/C8H13F4NO/c9-7(10)8(11,12)5-13-6-2-1-3-14-4-6/h6-7,13H,1-5H2. The molecule has 0 aliphatic carbocycles. The molecule has 2 nitrogen and oxygen atoms in total. The Bertz CT molecular complexity index is 171. The first-order chi connectivity index (χ1) is 6.52. The Kier molecular flexibility index (Phi) is 4.12. The number of halogens is 4. The number of ether oxygens (including phenoxy) is 1. The summed E-state index contributed by atoms with van der Waals surface area (Å²) in [6, 6.07) is -0.228. The summed E-state index contributed by atoms with van der Waals surface area (Å²) in [5.74, 6) is -3.95. The SMILES string of the molecule is FC(F)C(F)(F)CNC1CCCOC1. The molecule has 14 heavy (non-hydrogen) atoms. The summed E-state index contributed by atoms with van der Waals surface area (Å²) in [5, 5.41) is 2.39. The van der Waals surface area contributed by atoms with Gasteiger partial charge >= 0.3 is 12.3 Å². The molecule has 1 aliphatic heterocycles. The first-order valence-electron chi connectivity index (χ1n) is 4.49. The minimum absolute atomic E-state index is 0.228. The van der Waals surface area contributed by atoms with Crippen LogP contribution in [-0.4, -0.2) is 38.1 Å². The predicted molar refractivity (Wildman–Crippen MR) is 42.8 cm³/mol. The Morgan fingerprint density at radius 2 is 2.14 bits per heavy atom. The van der Waals surface area contributed by atoms with Crippen LogP contribution in [0.2, 0.25) is 0 Å². The van der Waals surface area contributed by atoms with E-state index in [1.54, 1.807) is 0 Å². The fraction of sp³-hybridized carbons (Fsp3) is 1.00. The molecule has 1 unspecified atom stereocenters. The predicted octanol–water partition coefficient (Wildman–Crippen LogP) is 1.66. The van der Waals surface area contributed by atoms with Gasteiger partial charge in [0, 0.05) is 12.6 Å². The highest BCUT2D eigenvalue weighted by Crippen LogP contribution is 2.22. The molecule has 1 aliphatic rings. The van der Waals surface area contributed by atoms with Gasteiger partial charge in [-0.1, -0.05) is 0 Å². The topological polar surface area (TPSA) is 21.3 Å². The van der Waals surface area contributed by atoms with E-state index < -0.39 is 18.9 Å². The fourth-order valence-electron chi connectivity index (χ4n) is 1.26. The van der Waals surface area contributed by atoms with Crippen LogP contribution in [0.25, 0.3) is 0 Å². The molecule has 0 spiro atoms. The molecule has 1 saturated heterocycles. The van der Waals surface area contributed by atoms with E-state index in [2.05, 4.69) is 5.32 Å². The maximum atomic E-state index is 12.4. The largest absolute Gasteiger partial charge is 0.380 e. The Morgan fingerprint density at radius 3 is 2.64 bits per heavy atom. The third kappa shape index (κ3) is 3.42. The summed E-state index contributed by atoms with van der Waals surface area (Å²) in [5.41, 5.74) is 0. The first-order valence-corrected chi connectivity index (χ1v) is 4.49. The van der Waals surface area contributed by atoms with E-state index in [1.807, 2.05) is 0 Å². The van der Waals surface area contributed by atoms with E-state index in [-0.39, 0.29) is 6.04 Å². The van der Waals surface area contributed by atoms with Crippen LogP contribution in [0.3, 0.4) is 0 Å². The lowest BCUT2D eigenvalue weighted by atomic mass is 10.1. The quantitative estimate of drug-likeness (QED) is 0.720. The average Bonchev–Trinajstić information content (AvgIpc) is 2.16. The van der Waals surface area contributed by atoms with Crippen molar-refractivity contribution < 1.29 is 22.3 Å². The molecular formula is C8H13F4NO. The number of rotatable bonds is 4. The van der Waals surface area contributed by atoms with E-state index in [9.17, 15) is 17.6 Å². The van der Waals surface area contributed by atoms with Gasteiger partial charge in [0.2, 0.25) is 0 Å². The first kappa shape index (κ1) is 11.7. The van der Waals surface area contributed by atoms with Crippen molar-refractivity contribution in [1.82, 2.24) is 5.32 Å². The molecule has 1 heterocycles. The monoisotopic (exact) mass is 215 g/mol. The van der Waals surface area contributed by atoms with Crippen molar-refractivity contribution in [3.63, 3.8) is 0 Å². The second-order valence-corrected chi connectivity index (χ2v) is 3.36. The minimum Gasteiger partial charge on any atom is -0.380 e. The number of hydrogen-bond acceptors (Lipinski definition) is 2. The molecule has 0 amide bonds. The van der Waals surface area contributed by atoms with Gasteiger partial charge in [0.25, 0.3) is 0 Å².